The van der Waals surface area contributed by atoms with Gasteiger partial charge in [0, 0.05) is 37.8 Å². The number of carbonyl (C=O) groups excluding carboxylic acids is 1. The fourth-order valence-electron chi connectivity index (χ4n) is 4.67. The van der Waals surface area contributed by atoms with Gasteiger partial charge >= 0.3 is 0 Å². The Bertz CT molecular complexity index is 782. The van der Waals surface area contributed by atoms with E-state index in [1.807, 2.05) is 24.3 Å². The maximum Gasteiger partial charge on any atom is 0.227 e. The molecule has 27 heavy (non-hydrogen) atoms. The fraction of sp³-hybridized carbons (Fsp3) is 0.435. The van der Waals surface area contributed by atoms with E-state index >= 15 is 0 Å². The summed E-state index contributed by atoms with van der Waals surface area (Å²) >= 11 is 0. The standard InChI is InChI=1S/C23H28N2O2/c1-27-21-10-5-9-20(17-21)25-22(26)11-6-12-23(25)13-15-24(16-14-23)18-19-7-3-2-4-8-19/h2-5,7-10,17H,6,11-16,18H2,1H3. The molecule has 1 amide bonds. The summed E-state index contributed by atoms with van der Waals surface area (Å²) in [6.07, 6.45) is 4.80. The molecule has 2 aliphatic rings. The molecular weight excluding hydrogens is 336 g/mol. The summed E-state index contributed by atoms with van der Waals surface area (Å²) in [4.78, 5) is 17.5. The van der Waals surface area contributed by atoms with E-state index in [-0.39, 0.29) is 11.4 Å². The smallest absolute Gasteiger partial charge is 0.227 e. The number of anilines is 1. The van der Waals surface area contributed by atoms with E-state index in [4.69, 9.17) is 4.74 Å². The Morgan fingerprint density at radius 2 is 1.78 bits per heavy atom. The average molecular weight is 364 g/mol. The van der Waals surface area contributed by atoms with Crippen LogP contribution in [0.2, 0.25) is 0 Å². The van der Waals surface area contributed by atoms with Crippen LogP contribution in [0.4, 0.5) is 5.69 Å². The summed E-state index contributed by atoms with van der Waals surface area (Å²) in [5, 5.41) is 0. The van der Waals surface area contributed by atoms with E-state index in [9.17, 15) is 4.79 Å². The van der Waals surface area contributed by atoms with Crippen molar-refractivity contribution in [2.45, 2.75) is 44.2 Å². The first-order valence-corrected chi connectivity index (χ1v) is 9.94. The van der Waals surface area contributed by atoms with Gasteiger partial charge in [-0.1, -0.05) is 36.4 Å². The molecule has 0 aromatic heterocycles. The molecular formula is C23H28N2O2. The van der Waals surface area contributed by atoms with E-state index < -0.39 is 0 Å². The first-order valence-electron chi connectivity index (χ1n) is 9.94. The molecule has 0 unspecified atom stereocenters. The van der Waals surface area contributed by atoms with E-state index in [0.717, 1.165) is 56.8 Å². The van der Waals surface area contributed by atoms with Crippen molar-refractivity contribution >= 4 is 11.6 Å². The van der Waals surface area contributed by atoms with E-state index in [0.29, 0.717) is 6.42 Å². The van der Waals surface area contributed by atoms with Crippen molar-refractivity contribution < 1.29 is 9.53 Å². The number of piperidine rings is 2. The highest BCUT2D eigenvalue weighted by molar-refractivity contribution is 5.96. The average Bonchev–Trinajstić information content (AvgIpc) is 2.71. The molecule has 4 rings (SSSR count). The maximum absolute atomic E-state index is 12.9. The van der Waals surface area contributed by atoms with Gasteiger partial charge in [-0.05, 0) is 43.4 Å². The number of benzene rings is 2. The van der Waals surface area contributed by atoms with Crippen LogP contribution < -0.4 is 9.64 Å². The summed E-state index contributed by atoms with van der Waals surface area (Å²) < 4.78 is 5.39. The normalized spacial score (nSPS) is 20.0. The van der Waals surface area contributed by atoms with Crippen LogP contribution >= 0.6 is 0 Å². The van der Waals surface area contributed by atoms with Crippen molar-refractivity contribution in [1.82, 2.24) is 4.90 Å². The number of likely N-dealkylation sites (tertiary alicyclic amines) is 1. The van der Waals surface area contributed by atoms with Crippen LogP contribution in [0.25, 0.3) is 0 Å². The minimum Gasteiger partial charge on any atom is -0.497 e. The molecule has 2 aromatic carbocycles. The minimum atomic E-state index is -0.0467. The third-order valence-corrected chi connectivity index (χ3v) is 6.10. The molecule has 2 heterocycles. The molecule has 0 radical (unpaired) electrons. The highest BCUT2D eigenvalue weighted by Gasteiger charge is 2.45. The molecule has 0 saturated carbocycles. The predicted octanol–water partition coefficient (Wildman–Crippen LogP) is 4.25. The molecule has 0 bridgehead atoms. The van der Waals surface area contributed by atoms with Gasteiger partial charge in [0.25, 0.3) is 0 Å². The predicted molar refractivity (Wildman–Crippen MR) is 108 cm³/mol. The number of amides is 1. The Morgan fingerprint density at radius 3 is 2.52 bits per heavy atom. The largest absolute Gasteiger partial charge is 0.497 e. The summed E-state index contributed by atoms with van der Waals surface area (Å²) in [6, 6.07) is 18.6. The van der Waals surface area contributed by atoms with Gasteiger partial charge in [0.1, 0.15) is 5.75 Å². The number of rotatable bonds is 4. The number of nitrogens with zero attached hydrogens (tertiary/aromatic N) is 2. The number of hydrogen-bond donors (Lipinski definition) is 0. The van der Waals surface area contributed by atoms with Crippen LogP contribution in [0, 0.1) is 0 Å². The second kappa shape index (κ2) is 7.73. The van der Waals surface area contributed by atoms with Gasteiger partial charge < -0.3 is 9.64 Å². The SMILES string of the molecule is COc1cccc(N2C(=O)CCCC23CCN(Cc2ccccc2)CC3)c1. The molecule has 0 atom stereocenters. The first kappa shape index (κ1) is 18.1. The molecule has 142 valence electrons. The third kappa shape index (κ3) is 3.72. The number of carbonyl (C=O) groups is 1. The third-order valence-electron chi connectivity index (χ3n) is 6.10. The molecule has 1 spiro atoms. The van der Waals surface area contributed by atoms with Gasteiger partial charge in [-0.3, -0.25) is 9.69 Å². The van der Waals surface area contributed by atoms with Crippen LogP contribution in [0.15, 0.2) is 54.6 Å². The second-order valence-electron chi connectivity index (χ2n) is 7.77. The van der Waals surface area contributed by atoms with Crippen molar-refractivity contribution in [2.24, 2.45) is 0 Å². The van der Waals surface area contributed by atoms with Gasteiger partial charge in [-0.2, -0.15) is 0 Å². The number of ether oxygens (including phenoxy) is 1. The van der Waals surface area contributed by atoms with E-state index in [2.05, 4.69) is 40.1 Å². The topological polar surface area (TPSA) is 32.8 Å². The van der Waals surface area contributed by atoms with Gasteiger partial charge in [0.05, 0.1) is 12.6 Å². The minimum absolute atomic E-state index is 0.0467. The lowest BCUT2D eigenvalue weighted by Gasteiger charge is -2.51. The Morgan fingerprint density at radius 1 is 1.00 bits per heavy atom. The quantitative estimate of drug-likeness (QED) is 0.813. The summed E-state index contributed by atoms with van der Waals surface area (Å²) in [6.45, 7) is 3.05. The van der Waals surface area contributed by atoms with Crippen molar-refractivity contribution in [2.75, 3.05) is 25.1 Å². The zero-order valence-electron chi connectivity index (χ0n) is 16.1. The van der Waals surface area contributed by atoms with Gasteiger partial charge in [0.2, 0.25) is 5.91 Å². The Labute approximate surface area is 161 Å². The Balaban J connectivity index is 1.53. The lowest BCUT2D eigenvalue weighted by Crippen LogP contribution is -2.59. The number of methoxy groups -OCH3 is 1. The fourth-order valence-corrected chi connectivity index (χ4v) is 4.67. The molecule has 4 heteroatoms. The van der Waals surface area contributed by atoms with E-state index in [1.54, 1.807) is 7.11 Å². The van der Waals surface area contributed by atoms with Crippen LogP contribution in [0.3, 0.4) is 0 Å². The number of hydrogen-bond acceptors (Lipinski definition) is 3. The van der Waals surface area contributed by atoms with Crippen molar-refractivity contribution in [1.29, 1.82) is 0 Å². The van der Waals surface area contributed by atoms with Crippen LogP contribution in [0.1, 0.15) is 37.7 Å². The van der Waals surface area contributed by atoms with Crippen molar-refractivity contribution in [3.05, 3.63) is 60.2 Å². The summed E-state index contributed by atoms with van der Waals surface area (Å²) in [5.74, 6) is 1.06. The molecule has 2 saturated heterocycles. The van der Waals surface area contributed by atoms with Gasteiger partial charge in [0.15, 0.2) is 0 Å². The van der Waals surface area contributed by atoms with Crippen molar-refractivity contribution in [3.63, 3.8) is 0 Å². The lowest BCUT2D eigenvalue weighted by atomic mass is 9.78. The zero-order chi connectivity index (χ0) is 18.7. The summed E-state index contributed by atoms with van der Waals surface area (Å²) in [7, 11) is 1.68. The molecule has 0 N–H and O–H groups in total. The lowest BCUT2D eigenvalue weighted by molar-refractivity contribution is -0.122. The maximum atomic E-state index is 12.9. The first-order chi connectivity index (χ1) is 13.2. The highest BCUT2D eigenvalue weighted by atomic mass is 16.5. The highest BCUT2D eigenvalue weighted by Crippen LogP contribution is 2.41. The van der Waals surface area contributed by atoms with Gasteiger partial charge in [-0.25, -0.2) is 0 Å². The molecule has 2 fully saturated rings. The van der Waals surface area contributed by atoms with Gasteiger partial charge in [-0.15, -0.1) is 0 Å². The van der Waals surface area contributed by atoms with Crippen LogP contribution in [-0.4, -0.2) is 36.5 Å². The van der Waals surface area contributed by atoms with E-state index in [1.165, 1.54) is 5.56 Å². The van der Waals surface area contributed by atoms with Crippen LogP contribution in [0.5, 0.6) is 5.75 Å². The Hall–Kier alpha value is -2.33. The monoisotopic (exact) mass is 364 g/mol. The van der Waals surface area contributed by atoms with Crippen molar-refractivity contribution in [3.8, 4) is 5.75 Å². The Kier molecular flexibility index (Phi) is 5.17. The molecule has 2 aromatic rings. The summed E-state index contributed by atoms with van der Waals surface area (Å²) in [5.41, 5.74) is 2.29. The second-order valence-corrected chi connectivity index (χ2v) is 7.77. The van der Waals surface area contributed by atoms with Crippen LogP contribution in [-0.2, 0) is 11.3 Å². The molecule has 4 nitrogen and oxygen atoms in total. The zero-order valence-corrected chi connectivity index (χ0v) is 16.1. The molecule has 0 aliphatic carbocycles. The molecule has 2 aliphatic heterocycles.